The van der Waals surface area contributed by atoms with Gasteiger partial charge in [-0.15, -0.1) is 0 Å². The lowest BCUT2D eigenvalue weighted by Gasteiger charge is -2.22. The van der Waals surface area contributed by atoms with Gasteiger partial charge in [-0.05, 0) is 56.5 Å². The standard InChI is InChI=1S/C21H23N5O/c1-2-14-4-3-12-26(13-10-14)16-7-5-15(6-8-16)20-24-18-17(19(22)27)9-11-23-21(18)25-20/h2,5-9,11H,3-4,10,12-13H2,1H3,(H2,22,27)(H,23,24,25)/b14-2-. The molecule has 4 rings (SSSR count). The molecule has 0 radical (unpaired) electrons. The second kappa shape index (κ2) is 7.23. The molecule has 1 aliphatic heterocycles. The highest BCUT2D eigenvalue weighted by molar-refractivity contribution is 6.03. The van der Waals surface area contributed by atoms with Gasteiger partial charge in [0.1, 0.15) is 5.82 Å². The molecule has 3 heterocycles. The summed E-state index contributed by atoms with van der Waals surface area (Å²) < 4.78 is 0. The first-order chi connectivity index (χ1) is 13.2. The van der Waals surface area contributed by atoms with E-state index in [9.17, 15) is 4.79 Å². The van der Waals surface area contributed by atoms with E-state index in [1.165, 1.54) is 18.5 Å². The molecule has 0 saturated carbocycles. The van der Waals surface area contributed by atoms with Crippen molar-refractivity contribution in [2.45, 2.75) is 26.2 Å². The number of H-pyrrole nitrogens is 1. The van der Waals surface area contributed by atoms with Crippen LogP contribution in [0.4, 0.5) is 5.69 Å². The molecule has 0 aliphatic carbocycles. The van der Waals surface area contributed by atoms with E-state index in [-0.39, 0.29) is 0 Å². The molecule has 1 fully saturated rings. The summed E-state index contributed by atoms with van der Waals surface area (Å²) in [5, 5.41) is 0. The van der Waals surface area contributed by atoms with Gasteiger partial charge in [0.05, 0.1) is 11.1 Å². The van der Waals surface area contributed by atoms with Crippen molar-refractivity contribution in [3.05, 3.63) is 53.7 Å². The fourth-order valence-corrected chi connectivity index (χ4v) is 3.64. The number of nitrogens with one attached hydrogen (secondary N) is 1. The molecular weight excluding hydrogens is 338 g/mol. The Morgan fingerprint density at radius 3 is 2.74 bits per heavy atom. The molecule has 0 unspecified atom stereocenters. The second-order valence-electron chi connectivity index (χ2n) is 6.84. The van der Waals surface area contributed by atoms with Gasteiger partial charge < -0.3 is 15.6 Å². The number of allylic oxidation sites excluding steroid dienone is 1. The Hall–Kier alpha value is -3.15. The van der Waals surface area contributed by atoms with Crippen molar-refractivity contribution >= 4 is 22.8 Å². The first-order valence-corrected chi connectivity index (χ1v) is 9.29. The topological polar surface area (TPSA) is 87.9 Å². The van der Waals surface area contributed by atoms with E-state index < -0.39 is 5.91 Å². The Kier molecular flexibility index (Phi) is 4.62. The number of nitrogens with zero attached hydrogens (tertiary/aromatic N) is 3. The third-order valence-electron chi connectivity index (χ3n) is 5.20. The van der Waals surface area contributed by atoms with Crippen LogP contribution in [-0.4, -0.2) is 33.9 Å². The Bertz CT molecular complexity index is 1000. The highest BCUT2D eigenvalue weighted by atomic mass is 16.1. The summed E-state index contributed by atoms with van der Waals surface area (Å²) in [6, 6.07) is 9.97. The Morgan fingerprint density at radius 2 is 2.00 bits per heavy atom. The van der Waals surface area contributed by atoms with Gasteiger partial charge in [-0.1, -0.05) is 11.6 Å². The number of hydrogen-bond acceptors (Lipinski definition) is 4. The second-order valence-corrected chi connectivity index (χ2v) is 6.84. The molecule has 1 amide bonds. The molecule has 0 bridgehead atoms. The van der Waals surface area contributed by atoms with Crippen molar-refractivity contribution < 1.29 is 4.79 Å². The minimum atomic E-state index is -0.491. The highest BCUT2D eigenvalue weighted by Crippen LogP contribution is 2.26. The number of amides is 1. The van der Waals surface area contributed by atoms with Crippen LogP contribution in [0.1, 0.15) is 36.5 Å². The largest absolute Gasteiger partial charge is 0.371 e. The molecular formula is C21H23N5O. The Balaban J connectivity index is 1.60. The number of fused-ring (bicyclic) bond motifs is 1. The van der Waals surface area contributed by atoms with E-state index in [0.29, 0.717) is 22.6 Å². The summed E-state index contributed by atoms with van der Waals surface area (Å²) >= 11 is 0. The lowest BCUT2D eigenvalue weighted by atomic mass is 10.1. The SMILES string of the molecule is C/C=C1/CCCN(c2ccc(-c3nc4nccc(C(N)=O)c4[nH]3)cc2)CC1. The zero-order valence-electron chi connectivity index (χ0n) is 15.4. The monoisotopic (exact) mass is 361 g/mol. The van der Waals surface area contributed by atoms with Crippen LogP contribution in [0.5, 0.6) is 0 Å². The number of carbonyl (C=O) groups is 1. The first kappa shape index (κ1) is 17.3. The molecule has 27 heavy (non-hydrogen) atoms. The van der Waals surface area contributed by atoms with Gasteiger partial charge in [-0.3, -0.25) is 4.79 Å². The molecule has 3 aromatic rings. The summed E-state index contributed by atoms with van der Waals surface area (Å²) in [6.45, 7) is 4.26. The van der Waals surface area contributed by atoms with Crippen molar-refractivity contribution in [2.75, 3.05) is 18.0 Å². The van der Waals surface area contributed by atoms with Crippen LogP contribution >= 0.6 is 0 Å². The Morgan fingerprint density at radius 1 is 1.19 bits per heavy atom. The third kappa shape index (κ3) is 3.43. The maximum Gasteiger partial charge on any atom is 0.251 e. The number of primary amides is 1. The molecule has 0 spiro atoms. The zero-order valence-corrected chi connectivity index (χ0v) is 15.4. The van der Waals surface area contributed by atoms with E-state index in [1.54, 1.807) is 17.8 Å². The van der Waals surface area contributed by atoms with Crippen molar-refractivity contribution in [1.82, 2.24) is 15.0 Å². The van der Waals surface area contributed by atoms with Gasteiger partial charge in [0.2, 0.25) is 0 Å². The zero-order chi connectivity index (χ0) is 18.8. The van der Waals surface area contributed by atoms with E-state index in [2.05, 4.69) is 57.1 Å². The molecule has 6 nitrogen and oxygen atoms in total. The van der Waals surface area contributed by atoms with Crippen molar-refractivity contribution in [1.29, 1.82) is 0 Å². The summed E-state index contributed by atoms with van der Waals surface area (Å²) in [5.41, 5.74) is 10.6. The van der Waals surface area contributed by atoms with Gasteiger partial charge in [0.15, 0.2) is 5.65 Å². The summed E-state index contributed by atoms with van der Waals surface area (Å²) in [5.74, 6) is 0.194. The number of pyridine rings is 1. The molecule has 3 N–H and O–H groups in total. The van der Waals surface area contributed by atoms with Gasteiger partial charge in [-0.2, -0.15) is 0 Å². The van der Waals surface area contributed by atoms with Gasteiger partial charge in [0.25, 0.3) is 5.91 Å². The number of rotatable bonds is 3. The fourth-order valence-electron chi connectivity index (χ4n) is 3.64. The van der Waals surface area contributed by atoms with Crippen LogP contribution in [0, 0.1) is 0 Å². The van der Waals surface area contributed by atoms with Crippen LogP contribution in [0.25, 0.3) is 22.6 Å². The van der Waals surface area contributed by atoms with Crippen LogP contribution < -0.4 is 10.6 Å². The number of imidazole rings is 1. The highest BCUT2D eigenvalue weighted by Gasteiger charge is 2.15. The molecule has 138 valence electrons. The minimum absolute atomic E-state index is 0.403. The molecule has 0 atom stereocenters. The average Bonchev–Trinajstić information content (AvgIpc) is 2.98. The number of hydrogen-bond donors (Lipinski definition) is 2. The maximum absolute atomic E-state index is 11.6. The van der Waals surface area contributed by atoms with Crippen molar-refractivity contribution in [2.24, 2.45) is 5.73 Å². The fraction of sp³-hybridized carbons (Fsp3) is 0.286. The lowest BCUT2D eigenvalue weighted by molar-refractivity contribution is 0.100. The number of aromatic nitrogens is 3. The molecule has 2 aromatic heterocycles. The predicted molar refractivity (Wildman–Crippen MR) is 108 cm³/mol. The smallest absolute Gasteiger partial charge is 0.251 e. The quantitative estimate of drug-likeness (QED) is 0.697. The number of anilines is 1. The van der Waals surface area contributed by atoms with Gasteiger partial charge in [0, 0.05) is 30.5 Å². The molecule has 1 saturated heterocycles. The van der Waals surface area contributed by atoms with Gasteiger partial charge >= 0.3 is 0 Å². The summed E-state index contributed by atoms with van der Waals surface area (Å²) in [6.07, 6.45) is 7.31. The van der Waals surface area contributed by atoms with Crippen LogP contribution in [0.15, 0.2) is 48.2 Å². The van der Waals surface area contributed by atoms with E-state index in [1.807, 2.05) is 0 Å². The first-order valence-electron chi connectivity index (χ1n) is 9.29. The van der Waals surface area contributed by atoms with Crippen LogP contribution in [0.3, 0.4) is 0 Å². The normalized spacial score (nSPS) is 16.6. The molecule has 1 aromatic carbocycles. The van der Waals surface area contributed by atoms with Crippen molar-refractivity contribution in [3.63, 3.8) is 0 Å². The number of benzene rings is 1. The van der Waals surface area contributed by atoms with Crippen molar-refractivity contribution in [3.8, 4) is 11.4 Å². The van der Waals surface area contributed by atoms with Crippen LogP contribution in [0.2, 0.25) is 0 Å². The maximum atomic E-state index is 11.6. The summed E-state index contributed by atoms with van der Waals surface area (Å²) in [4.78, 5) is 25.9. The third-order valence-corrected chi connectivity index (χ3v) is 5.20. The molecule has 1 aliphatic rings. The van der Waals surface area contributed by atoms with E-state index >= 15 is 0 Å². The number of aromatic amines is 1. The minimum Gasteiger partial charge on any atom is -0.371 e. The number of carbonyl (C=O) groups excluding carboxylic acids is 1. The molecule has 6 heteroatoms. The summed E-state index contributed by atoms with van der Waals surface area (Å²) in [7, 11) is 0. The van der Waals surface area contributed by atoms with E-state index in [0.717, 1.165) is 25.1 Å². The average molecular weight is 361 g/mol. The van der Waals surface area contributed by atoms with E-state index in [4.69, 9.17) is 5.73 Å². The Labute approximate surface area is 158 Å². The predicted octanol–water partition coefficient (Wildman–Crippen LogP) is 3.66. The number of nitrogens with two attached hydrogens (primary N) is 1. The lowest BCUT2D eigenvalue weighted by Crippen LogP contribution is -2.23. The van der Waals surface area contributed by atoms with Gasteiger partial charge in [-0.25, -0.2) is 9.97 Å². The van der Waals surface area contributed by atoms with Crippen LogP contribution in [-0.2, 0) is 0 Å².